The van der Waals surface area contributed by atoms with E-state index in [1.165, 1.54) is 11.8 Å². The Hall–Kier alpha value is -0.910. The lowest BCUT2D eigenvalue weighted by atomic mass is 10.4. The van der Waals surface area contributed by atoms with Crippen molar-refractivity contribution in [3.63, 3.8) is 0 Å². The molecule has 1 amide bonds. The van der Waals surface area contributed by atoms with Crippen LogP contribution in [0.15, 0.2) is 0 Å². The first kappa shape index (κ1) is 9.18. The maximum absolute atomic E-state index is 10.5. The highest BCUT2D eigenvalue weighted by Gasteiger charge is 2.22. The van der Waals surface area contributed by atoms with Gasteiger partial charge in [0.1, 0.15) is 6.10 Å². The summed E-state index contributed by atoms with van der Waals surface area (Å²) in [4.78, 5) is 20.6. The van der Waals surface area contributed by atoms with Crippen LogP contribution in [0.25, 0.3) is 0 Å². The number of carbonyl (C=O) groups is 2. The van der Waals surface area contributed by atoms with Crippen molar-refractivity contribution in [3.05, 3.63) is 0 Å². The number of carboxylic acids is 1. The second kappa shape index (κ2) is 4.20. The van der Waals surface area contributed by atoms with Gasteiger partial charge in [0.05, 0.1) is 12.3 Å². The number of alkyl carbamates (subject to hydrolysis) is 1. The molecule has 0 radical (unpaired) electrons. The Balaban J connectivity index is 2.08. The van der Waals surface area contributed by atoms with Gasteiger partial charge < -0.3 is 15.2 Å². The van der Waals surface area contributed by atoms with Gasteiger partial charge in [-0.2, -0.15) is 0 Å². The number of amides is 1. The zero-order valence-corrected chi connectivity index (χ0v) is 7.10. The summed E-state index contributed by atoms with van der Waals surface area (Å²) < 4.78 is 4.78. The number of hydrogen-bond donors (Lipinski definition) is 2. The van der Waals surface area contributed by atoms with Gasteiger partial charge in [-0.05, 0) is 0 Å². The van der Waals surface area contributed by atoms with Gasteiger partial charge in [0.2, 0.25) is 0 Å². The summed E-state index contributed by atoms with van der Waals surface area (Å²) in [6.07, 6.45) is -0.599. The second-order valence-corrected chi connectivity index (χ2v) is 3.35. The van der Waals surface area contributed by atoms with Crippen LogP contribution in [0, 0.1) is 0 Å². The van der Waals surface area contributed by atoms with E-state index < -0.39 is 12.1 Å². The first-order chi connectivity index (χ1) is 5.68. The van der Waals surface area contributed by atoms with Crippen molar-refractivity contribution in [2.45, 2.75) is 6.10 Å². The highest BCUT2D eigenvalue weighted by atomic mass is 32.2. The molecule has 0 aliphatic carbocycles. The molecular formula is C6H9NO4S. The third-order valence-corrected chi connectivity index (χ3v) is 2.34. The van der Waals surface area contributed by atoms with Crippen molar-refractivity contribution in [3.8, 4) is 0 Å². The molecule has 68 valence electrons. The lowest BCUT2D eigenvalue weighted by molar-refractivity contribution is -0.133. The molecule has 0 saturated carbocycles. The molecule has 1 saturated heterocycles. The van der Waals surface area contributed by atoms with Crippen LogP contribution in [0.3, 0.4) is 0 Å². The predicted octanol–water partition coefficient (Wildman–Crippen LogP) is -0.0874. The molecule has 12 heavy (non-hydrogen) atoms. The maximum atomic E-state index is 10.5. The molecule has 1 unspecified atom stereocenters. The summed E-state index contributed by atoms with van der Waals surface area (Å²) in [5.74, 6) is -0.267. The van der Waals surface area contributed by atoms with Gasteiger partial charge in [-0.1, -0.05) is 0 Å². The molecule has 5 nitrogen and oxygen atoms in total. The monoisotopic (exact) mass is 191 g/mol. The standard InChI is InChI=1S/C6H9NO4S/c8-5(9)3-12-2-4-1-7-6(10)11-4/h4H,1-3H2,(H,7,10)(H,8,9). The van der Waals surface area contributed by atoms with Crippen molar-refractivity contribution in [1.82, 2.24) is 5.32 Å². The van der Waals surface area contributed by atoms with Crippen LogP contribution in [0.5, 0.6) is 0 Å². The van der Waals surface area contributed by atoms with Crippen molar-refractivity contribution in [2.75, 3.05) is 18.1 Å². The van der Waals surface area contributed by atoms with E-state index in [0.717, 1.165) is 0 Å². The van der Waals surface area contributed by atoms with Crippen molar-refractivity contribution in [2.24, 2.45) is 0 Å². The van der Waals surface area contributed by atoms with Crippen molar-refractivity contribution >= 4 is 23.8 Å². The predicted molar refractivity (Wildman–Crippen MR) is 43.2 cm³/mol. The van der Waals surface area contributed by atoms with Crippen molar-refractivity contribution in [1.29, 1.82) is 0 Å². The third kappa shape index (κ3) is 3.00. The molecule has 1 fully saturated rings. The summed E-state index contributed by atoms with van der Waals surface area (Å²) >= 11 is 1.24. The number of thioether (sulfide) groups is 1. The van der Waals surface area contributed by atoms with Crippen molar-refractivity contribution < 1.29 is 19.4 Å². The fourth-order valence-corrected chi connectivity index (χ4v) is 1.54. The Bertz CT molecular complexity index is 196. The van der Waals surface area contributed by atoms with E-state index in [2.05, 4.69) is 5.32 Å². The number of aliphatic carboxylic acids is 1. The molecule has 0 spiro atoms. The topological polar surface area (TPSA) is 75.6 Å². The lowest BCUT2D eigenvalue weighted by Gasteiger charge is -2.04. The number of rotatable bonds is 4. The fraction of sp³-hybridized carbons (Fsp3) is 0.667. The second-order valence-electron chi connectivity index (χ2n) is 2.32. The molecule has 0 aromatic heterocycles. The van der Waals surface area contributed by atoms with E-state index in [1.54, 1.807) is 0 Å². The minimum absolute atomic E-state index is 0.0497. The Morgan fingerprint density at radius 3 is 3.08 bits per heavy atom. The van der Waals surface area contributed by atoms with E-state index >= 15 is 0 Å². The van der Waals surface area contributed by atoms with Gasteiger partial charge in [0.15, 0.2) is 0 Å². The Morgan fingerprint density at radius 1 is 1.83 bits per heavy atom. The number of cyclic esters (lactones) is 1. The van der Waals surface area contributed by atoms with Crippen LogP contribution in [0.2, 0.25) is 0 Å². The Kier molecular flexibility index (Phi) is 3.21. The minimum atomic E-state index is -0.850. The lowest BCUT2D eigenvalue weighted by Crippen LogP contribution is -2.17. The molecular weight excluding hydrogens is 182 g/mol. The highest BCUT2D eigenvalue weighted by Crippen LogP contribution is 2.08. The Labute approximate surface area is 73.5 Å². The molecule has 0 aromatic rings. The molecule has 1 heterocycles. The van der Waals surface area contributed by atoms with Gasteiger partial charge in [-0.15, -0.1) is 11.8 Å². The first-order valence-corrected chi connectivity index (χ1v) is 4.58. The van der Waals surface area contributed by atoms with Gasteiger partial charge in [-0.3, -0.25) is 4.79 Å². The molecule has 1 aliphatic heterocycles. The summed E-state index contributed by atoms with van der Waals surface area (Å²) in [5, 5.41) is 10.8. The average Bonchev–Trinajstić information content (AvgIpc) is 2.35. The molecule has 0 bridgehead atoms. The number of carbonyl (C=O) groups excluding carboxylic acids is 1. The molecule has 1 rings (SSSR count). The summed E-state index contributed by atoms with van der Waals surface area (Å²) in [5.41, 5.74) is 0. The van der Waals surface area contributed by atoms with Gasteiger partial charge >= 0.3 is 12.1 Å². The van der Waals surface area contributed by atoms with Crippen LogP contribution >= 0.6 is 11.8 Å². The van der Waals surface area contributed by atoms with E-state index in [1.807, 2.05) is 0 Å². The zero-order chi connectivity index (χ0) is 8.97. The number of nitrogens with one attached hydrogen (secondary N) is 1. The largest absolute Gasteiger partial charge is 0.481 e. The van der Waals surface area contributed by atoms with E-state index in [-0.39, 0.29) is 11.9 Å². The molecule has 1 atom stereocenters. The van der Waals surface area contributed by atoms with E-state index in [9.17, 15) is 9.59 Å². The number of ether oxygens (including phenoxy) is 1. The quantitative estimate of drug-likeness (QED) is 0.649. The van der Waals surface area contributed by atoms with Gasteiger partial charge in [0.25, 0.3) is 0 Å². The van der Waals surface area contributed by atoms with Crippen LogP contribution in [0.1, 0.15) is 0 Å². The van der Waals surface area contributed by atoms with Crippen LogP contribution in [0.4, 0.5) is 4.79 Å². The Morgan fingerprint density at radius 2 is 2.58 bits per heavy atom. The number of carboxylic acid groups (broad SMARTS) is 1. The summed E-state index contributed by atoms with van der Waals surface area (Å²) in [6.45, 7) is 0.478. The van der Waals surface area contributed by atoms with E-state index in [0.29, 0.717) is 12.3 Å². The number of hydrogen-bond acceptors (Lipinski definition) is 4. The van der Waals surface area contributed by atoms with Gasteiger partial charge in [0, 0.05) is 5.75 Å². The molecule has 0 aromatic carbocycles. The smallest absolute Gasteiger partial charge is 0.407 e. The minimum Gasteiger partial charge on any atom is -0.481 e. The zero-order valence-electron chi connectivity index (χ0n) is 6.28. The van der Waals surface area contributed by atoms with E-state index in [4.69, 9.17) is 9.84 Å². The fourth-order valence-electron chi connectivity index (χ4n) is 0.803. The molecule has 2 N–H and O–H groups in total. The first-order valence-electron chi connectivity index (χ1n) is 3.42. The normalized spacial score (nSPS) is 21.7. The van der Waals surface area contributed by atoms with Crippen LogP contribution in [-0.2, 0) is 9.53 Å². The maximum Gasteiger partial charge on any atom is 0.407 e. The highest BCUT2D eigenvalue weighted by molar-refractivity contribution is 7.99. The van der Waals surface area contributed by atoms with Gasteiger partial charge in [-0.25, -0.2) is 4.79 Å². The SMILES string of the molecule is O=C(O)CSCC1CNC(=O)O1. The van der Waals surface area contributed by atoms with Crippen LogP contribution < -0.4 is 5.32 Å². The van der Waals surface area contributed by atoms with Crippen LogP contribution in [-0.4, -0.2) is 41.3 Å². The average molecular weight is 191 g/mol. The molecule has 6 heteroatoms. The third-order valence-electron chi connectivity index (χ3n) is 1.28. The molecule has 1 aliphatic rings. The summed E-state index contributed by atoms with van der Waals surface area (Å²) in [7, 11) is 0. The summed E-state index contributed by atoms with van der Waals surface area (Å²) in [6, 6.07) is 0.